The first-order valence-corrected chi connectivity index (χ1v) is 7.59. The molecule has 112 valence electrons. The van der Waals surface area contributed by atoms with Crippen LogP contribution in [0, 0.1) is 0 Å². The largest absolute Gasteiger partial charge is 0.395 e. The Morgan fingerprint density at radius 1 is 1.20 bits per heavy atom. The van der Waals surface area contributed by atoms with Crippen LogP contribution in [0.5, 0.6) is 0 Å². The highest BCUT2D eigenvalue weighted by Crippen LogP contribution is 2.29. The van der Waals surface area contributed by atoms with Gasteiger partial charge in [0.15, 0.2) is 0 Å². The molecule has 1 heterocycles. The summed E-state index contributed by atoms with van der Waals surface area (Å²) in [7, 11) is 0. The lowest BCUT2D eigenvalue weighted by atomic mass is 9.83. The molecule has 2 unspecified atom stereocenters. The van der Waals surface area contributed by atoms with Gasteiger partial charge in [0.1, 0.15) is 0 Å². The Morgan fingerprint density at radius 2 is 1.85 bits per heavy atom. The number of likely N-dealkylation sites (tertiary alicyclic amines) is 1. The highest BCUT2D eigenvalue weighted by atomic mass is 16.3. The fourth-order valence-corrected chi connectivity index (χ4v) is 3.05. The molecule has 20 heavy (non-hydrogen) atoms. The fraction of sp³-hybridized carbons (Fsp3) is 0.647. The highest BCUT2D eigenvalue weighted by molar-refractivity contribution is 5.30. The van der Waals surface area contributed by atoms with E-state index in [0.717, 1.165) is 26.1 Å². The Balaban J connectivity index is 2.10. The third-order valence-electron chi connectivity index (χ3n) is 4.22. The molecule has 3 heteroatoms. The van der Waals surface area contributed by atoms with Gasteiger partial charge in [-0.25, -0.2) is 0 Å². The Labute approximate surface area is 122 Å². The molecule has 0 radical (unpaired) electrons. The summed E-state index contributed by atoms with van der Waals surface area (Å²) in [5.74, 6) is 0.485. The summed E-state index contributed by atoms with van der Waals surface area (Å²) >= 11 is 0. The van der Waals surface area contributed by atoms with Gasteiger partial charge in [-0.05, 0) is 28.9 Å². The van der Waals surface area contributed by atoms with E-state index >= 15 is 0 Å². The molecule has 0 saturated carbocycles. The van der Waals surface area contributed by atoms with Gasteiger partial charge in [0.2, 0.25) is 0 Å². The molecule has 0 aliphatic carbocycles. The Kier molecular flexibility index (Phi) is 4.84. The molecular formula is C17H28N2O. The number of rotatable bonds is 3. The number of aliphatic hydroxyl groups is 1. The van der Waals surface area contributed by atoms with Crippen molar-refractivity contribution in [2.24, 2.45) is 5.73 Å². The van der Waals surface area contributed by atoms with Gasteiger partial charge in [-0.1, -0.05) is 45.0 Å². The zero-order chi connectivity index (χ0) is 14.8. The Morgan fingerprint density at radius 3 is 2.40 bits per heavy atom. The number of piperidine rings is 1. The molecule has 1 aromatic rings. The van der Waals surface area contributed by atoms with E-state index in [9.17, 15) is 0 Å². The van der Waals surface area contributed by atoms with Crippen LogP contribution >= 0.6 is 0 Å². The van der Waals surface area contributed by atoms with Gasteiger partial charge in [-0.3, -0.25) is 4.90 Å². The topological polar surface area (TPSA) is 49.5 Å². The molecule has 2 atom stereocenters. The van der Waals surface area contributed by atoms with Crippen LogP contribution in [-0.2, 0) is 5.41 Å². The zero-order valence-corrected chi connectivity index (χ0v) is 13.0. The molecule has 1 fully saturated rings. The minimum Gasteiger partial charge on any atom is -0.395 e. The second-order valence-corrected chi connectivity index (χ2v) is 7.05. The van der Waals surface area contributed by atoms with Crippen molar-refractivity contribution in [2.75, 3.05) is 26.2 Å². The van der Waals surface area contributed by atoms with Crippen LogP contribution in [-0.4, -0.2) is 42.3 Å². The maximum atomic E-state index is 9.11. The van der Waals surface area contributed by atoms with E-state index in [1.54, 1.807) is 0 Å². The third-order valence-corrected chi connectivity index (χ3v) is 4.22. The summed E-state index contributed by atoms with van der Waals surface area (Å²) in [6.45, 7) is 9.55. The van der Waals surface area contributed by atoms with Gasteiger partial charge in [0.05, 0.1) is 6.61 Å². The van der Waals surface area contributed by atoms with Gasteiger partial charge in [0.25, 0.3) is 0 Å². The lowest BCUT2D eigenvalue weighted by molar-refractivity contribution is 0.149. The molecule has 2 rings (SSSR count). The minimum absolute atomic E-state index is 0.199. The number of nitrogens with zero attached hydrogens (tertiary/aromatic N) is 1. The van der Waals surface area contributed by atoms with Crippen molar-refractivity contribution in [3.63, 3.8) is 0 Å². The Hall–Kier alpha value is -0.900. The van der Waals surface area contributed by atoms with Gasteiger partial charge in [0, 0.05) is 25.7 Å². The maximum Gasteiger partial charge on any atom is 0.0558 e. The number of nitrogens with two attached hydrogens (primary N) is 1. The van der Waals surface area contributed by atoms with E-state index in [1.165, 1.54) is 11.1 Å². The first-order valence-electron chi connectivity index (χ1n) is 7.59. The molecule has 1 aliphatic heterocycles. The third kappa shape index (κ3) is 3.81. The van der Waals surface area contributed by atoms with Gasteiger partial charge in [-0.15, -0.1) is 0 Å². The predicted molar refractivity (Wildman–Crippen MR) is 84.0 cm³/mol. The van der Waals surface area contributed by atoms with E-state index in [1.807, 2.05) is 0 Å². The summed E-state index contributed by atoms with van der Waals surface area (Å²) in [6.07, 6.45) is 1.04. The van der Waals surface area contributed by atoms with Crippen LogP contribution in [0.4, 0.5) is 0 Å². The lowest BCUT2D eigenvalue weighted by Gasteiger charge is -2.36. The molecule has 3 N–H and O–H groups in total. The van der Waals surface area contributed by atoms with Crippen LogP contribution < -0.4 is 5.73 Å². The molecule has 3 nitrogen and oxygen atoms in total. The van der Waals surface area contributed by atoms with E-state index in [2.05, 4.69) is 49.9 Å². The van der Waals surface area contributed by atoms with Crippen LogP contribution in [0.2, 0.25) is 0 Å². The quantitative estimate of drug-likeness (QED) is 0.889. The van der Waals surface area contributed by atoms with Gasteiger partial charge < -0.3 is 10.8 Å². The summed E-state index contributed by atoms with van der Waals surface area (Å²) in [5, 5.41) is 9.11. The van der Waals surface area contributed by atoms with Crippen molar-refractivity contribution in [3.05, 3.63) is 35.4 Å². The SMILES string of the molecule is CC(C)(C)c1ccc(C2CC(N)CN(CCO)C2)cc1. The maximum absolute atomic E-state index is 9.11. The normalized spacial score (nSPS) is 24.9. The molecule has 0 amide bonds. The summed E-state index contributed by atoms with van der Waals surface area (Å²) < 4.78 is 0. The smallest absolute Gasteiger partial charge is 0.0558 e. The Bertz CT molecular complexity index is 422. The first kappa shape index (κ1) is 15.5. The van der Waals surface area contributed by atoms with Gasteiger partial charge in [-0.2, -0.15) is 0 Å². The summed E-state index contributed by atoms with van der Waals surface area (Å²) in [4.78, 5) is 2.27. The number of benzene rings is 1. The molecule has 1 saturated heterocycles. The fourth-order valence-electron chi connectivity index (χ4n) is 3.05. The standard InChI is InChI=1S/C17H28N2O/c1-17(2,3)15-6-4-13(5-7-15)14-10-16(18)12-19(11-14)8-9-20/h4-7,14,16,20H,8-12,18H2,1-3H3. The van der Waals surface area contributed by atoms with Crippen molar-refractivity contribution in [2.45, 2.75) is 44.6 Å². The van der Waals surface area contributed by atoms with Crippen molar-refractivity contribution in [1.82, 2.24) is 4.90 Å². The average Bonchev–Trinajstić information content (AvgIpc) is 2.37. The number of hydrogen-bond acceptors (Lipinski definition) is 3. The van der Waals surface area contributed by atoms with E-state index in [0.29, 0.717) is 5.92 Å². The van der Waals surface area contributed by atoms with E-state index in [4.69, 9.17) is 10.8 Å². The monoisotopic (exact) mass is 276 g/mol. The van der Waals surface area contributed by atoms with Gasteiger partial charge >= 0.3 is 0 Å². The first-order chi connectivity index (χ1) is 9.40. The number of aliphatic hydroxyl groups excluding tert-OH is 1. The van der Waals surface area contributed by atoms with E-state index < -0.39 is 0 Å². The summed E-state index contributed by atoms with van der Waals surface area (Å²) in [6, 6.07) is 9.20. The van der Waals surface area contributed by atoms with Crippen molar-refractivity contribution in [1.29, 1.82) is 0 Å². The lowest BCUT2D eigenvalue weighted by Crippen LogP contribution is -2.47. The van der Waals surface area contributed by atoms with Crippen LogP contribution in [0.25, 0.3) is 0 Å². The second kappa shape index (κ2) is 6.25. The molecule has 0 bridgehead atoms. The molecule has 1 aliphatic rings. The number of β-amino-alcohol motifs (C(OH)–C–C–N with tert-alkyl or cyclic N) is 1. The number of hydrogen-bond donors (Lipinski definition) is 2. The average molecular weight is 276 g/mol. The minimum atomic E-state index is 0.199. The van der Waals surface area contributed by atoms with E-state index in [-0.39, 0.29) is 18.1 Å². The molecule has 0 aromatic heterocycles. The van der Waals surface area contributed by atoms with Crippen LogP contribution in [0.3, 0.4) is 0 Å². The zero-order valence-electron chi connectivity index (χ0n) is 13.0. The predicted octanol–water partition coefficient (Wildman–Crippen LogP) is 2.09. The van der Waals surface area contributed by atoms with Crippen LogP contribution in [0.15, 0.2) is 24.3 Å². The van der Waals surface area contributed by atoms with Crippen molar-refractivity contribution in [3.8, 4) is 0 Å². The molecule has 1 aromatic carbocycles. The van der Waals surface area contributed by atoms with Crippen LogP contribution in [0.1, 0.15) is 44.2 Å². The highest BCUT2D eigenvalue weighted by Gasteiger charge is 2.26. The summed E-state index contributed by atoms with van der Waals surface area (Å²) in [5.41, 5.74) is 9.10. The van der Waals surface area contributed by atoms with Crippen molar-refractivity contribution < 1.29 is 5.11 Å². The molecule has 0 spiro atoms. The second-order valence-electron chi connectivity index (χ2n) is 7.05. The molecular weight excluding hydrogens is 248 g/mol. The van der Waals surface area contributed by atoms with Crippen molar-refractivity contribution >= 4 is 0 Å².